The van der Waals surface area contributed by atoms with Crippen LogP contribution in [-0.2, 0) is 32.2 Å². The van der Waals surface area contributed by atoms with Crippen molar-refractivity contribution in [1.29, 1.82) is 0 Å². The Labute approximate surface area is 218 Å². The summed E-state index contributed by atoms with van der Waals surface area (Å²) >= 11 is 0. The Morgan fingerprint density at radius 3 is 2.21 bits per heavy atom. The van der Waals surface area contributed by atoms with Gasteiger partial charge >= 0.3 is 6.18 Å². The Balaban J connectivity index is 1.78. The van der Waals surface area contributed by atoms with E-state index in [4.69, 9.17) is 0 Å². The fourth-order valence-electron chi connectivity index (χ4n) is 3.48. The van der Waals surface area contributed by atoms with Crippen molar-refractivity contribution in [3.63, 3.8) is 0 Å². The summed E-state index contributed by atoms with van der Waals surface area (Å²) in [6, 6.07) is 19.2. The van der Waals surface area contributed by atoms with Crippen LogP contribution in [0.3, 0.4) is 0 Å². The summed E-state index contributed by atoms with van der Waals surface area (Å²) in [5.74, 6) is -1.16. The van der Waals surface area contributed by atoms with Crippen LogP contribution < -0.4 is 10.7 Å². The molecule has 8 nitrogen and oxygen atoms in total. The largest absolute Gasteiger partial charge is 0.417 e. The summed E-state index contributed by atoms with van der Waals surface area (Å²) in [4.78, 5) is 23.7. The number of hydrazone groups is 1. The summed E-state index contributed by atoms with van der Waals surface area (Å²) < 4.78 is 67.2. The summed E-state index contributed by atoms with van der Waals surface area (Å²) in [7, 11) is -4.16. The molecule has 0 bridgehead atoms. The molecule has 0 heterocycles. The number of nitrogens with one attached hydrogen (secondary N) is 2. The van der Waals surface area contributed by atoms with E-state index < -0.39 is 34.2 Å². The number of anilines is 1. The van der Waals surface area contributed by atoms with Crippen LogP contribution in [0.25, 0.3) is 0 Å². The van der Waals surface area contributed by atoms with Crippen LogP contribution in [0.1, 0.15) is 23.6 Å². The number of halogens is 3. The van der Waals surface area contributed by atoms with Gasteiger partial charge < -0.3 is 5.32 Å². The van der Waals surface area contributed by atoms with E-state index in [1.165, 1.54) is 49.4 Å². The highest BCUT2D eigenvalue weighted by atomic mass is 32.2. The molecular weight excluding hydrogens is 521 g/mol. The van der Waals surface area contributed by atoms with Gasteiger partial charge in [0.1, 0.15) is 0 Å². The average molecular weight is 547 g/mol. The Morgan fingerprint density at radius 2 is 1.58 bits per heavy atom. The molecule has 3 aromatic carbocycles. The van der Waals surface area contributed by atoms with E-state index in [2.05, 4.69) is 15.8 Å². The molecule has 0 fully saturated rings. The molecule has 0 saturated heterocycles. The molecule has 38 heavy (non-hydrogen) atoms. The molecule has 2 amide bonds. The molecule has 12 heteroatoms. The first-order valence-electron chi connectivity index (χ1n) is 11.4. The Kier molecular flexibility index (Phi) is 9.37. The molecule has 200 valence electrons. The maximum atomic E-state index is 13.4. The number of hydrogen-bond acceptors (Lipinski definition) is 5. The normalized spacial score (nSPS) is 12.0. The lowest BCUT2D eigenvalue weighted by Gasteiger charge is -2.21. The zero-order valence-corrected chi connectivity index (χ0v) is 21.1. The minimum Gasteiger partial charge on any atom is -0.326 e. The van der Waals surface area contributed by atoms with Crippen molar-refractivity contribution in [2.75, 3.05) is 18.4 Å². The van der Waals surface area contributed by atoms with Gasteiger partial charge in [0, 0.05) is 24.7 Å². The number of carbonyl (C=O) groups excluding carboxylic acids is 2. The van der Waals surface area contributed by atoms with Crippen LogP contribution >= 0.6 is 0 Å². The number of sulfonamides is 1. The zero-order valence-electron chi connectivity index (χ0n) is 20.3. The van der Waals surface area contributed by atoms with E-state index in [0.717, 1.165) is 22.1 Å². The van der Waals surface area contributed by atoms with Crippen LogP contribution in [0.2, 0.25) is 0 Å². The van der Waals surface area contributed by atoms with Crippen molar-refractivity contribution >= 4 is 33.7 Å². The van der Waals surface area contributed by atoms with E-state index in [-0.39, 0.29) is 22.9 Å². The molecule has 0 aliphatic rings. The van der Waals surface area contributed by atoms with E-state index in [0.29, 0.717) is 12.1 Å². The minimum atomic E-state index is -4.61. The van der Waals surface area contributed by atoms with Crippen LogP contribution in [0.15, 0.2) is 88.9 Å². The van der Waals surface area contributed by atoms with Gasteiger partial charge in [0.15, 0.2) is 0 Å². The summed E-state index contributed by atoms with van der Waals surface area (Å²) in [5, 5.41) is 6.14. The number of amides is 2. The van der Waals surface area contributed by atoms with Crippen molar-refractivity contribution in [3.05, 3.63) is 95.6 Å². The lowest BCUT2D eigenvalue weighted by molar-refractivity contribution is -0.137. The third-order valence-electron chi connectivity index (χ3n) is 5.28. The molecule has 3 rings (SSSR count). The topological polar surface area (TPSA) is 108 Å². The van der Waals surface area contributed by atoms with Gasteiger partial charge in [-0.05, 0) is 42.3 Å². The predicted molar refractivity (Wildman–Crippen MR) is 137 cm³/mol. The van der Waals surface area contributed by atoms with Crippen LogP contribution in [0, 0.1) is 0 Å². The maximum Gasteiger partial charge on any atom is 0.417 e. The summed E-state index contributed by atoms with van der Waals surface area (Å²) in [5.41, 5.74) is 2.17. The molecule has 0 saturated carbocycles. The van der Waals surface area contributed by atoms with Gasteiger partial charge in [0.25, 0.3) is 5.91 Å². The van der Waals surface area contributed by atoms with E-state index >= 15 is 0 Å². The van der Waals surface area contributed by atoms with Crippen LogP contribution in [-0.4, -0.2) is 43.8 Å². The molecule has 0 atom stereocenters. The summed E-state index contributed by atoms with van der Waals surface area (Å²) in [6.07, 6.45) is -3.45. The van der Waals surface area contributed by atoms with E-state index in [1.54, 1.807) is 12.1 Å². The minimum absolute atomic E-state index is 0.0478. The fourth-order valence-corrected chi connectivity index (χ4v) is 4.88. The van der Waals surface area contributed by atoms with Gasteiger partial charge in [0.05, 0.1) is 23.2 Å². The van der Waals surface area contributed by atoms with Gasteiger partial charge in [-0.15, -0.1) is 0 Å². The van der Waals surface area contributed by atoms with Gasteiger partial charge in [0.2, 0.25) is 15.9 Å². The first-order valence-corrected chi connectivity index (χ1v) is 12.8. The van der Waals surface area contributed by atoms with Crippen molar-refractivity contribution in [3.8, 4) is 0 Å². The molecule has 2 N–H and O–H groups in total. The molecule has 0 unspecified atom stereocenters. The number of nitrogens with zero attached hydrogens (tertiary/aromatic N) is 2. The quantitative estimate of drug-likeness (QED) is 0.296. The highest BCUT2D eigenvalue weighted by Gasteiger charge is 2.32. The number of benzene rings is 3. The molecular formula is C26H25F3N4O4S. The zero-order chi connectivity index (χ0) is 27.8. The van der Waals surface area contributed by atoms with Gasteiger partial charge in [-0.3, -0.25) is 9.59 Å². The fraction of sp³-hybridized carbons (Fsp3) is 0.192. The van der Waals surface area contributed by atoms with E-state index in [1.807, 2.05) is 18.2 Å². The summed E-state index contributed by atoms with van der Waals surface area (Å²) in [6.45, 7) is 0.646. The monoisotopic (exact) mass is 546 g/mol. The second-order valence-corrected chi connectivity index (χ2v) is 10.1. The highest BCUT2D eigenvalue weighted by molar-refractivity contribution is 7.89. The Hall–Kier alpha value is -4.03. The number of hydrogen-bond donors (Lipinski definition) is 2. The Morgan fingerprint density at radius 1 is 0.947 bits per heavy atom. The molecule has 0 aromatic heterocycles. The first-order chi connectivity index (χ1) is 18.0. The molecule has 0 spiro atoms. The lowest BCUT2D eigenvalue weighted by atomic mass is 10.1. The first kappa shape index (κ1) is 28.5. The smallest absolute Gasteiger partial charge is 0.326 e. The highest BCUT2D eigenvalue weighted by Crippen LogP contribution is 2.31. The van der Waals surface area contributed by atoms with Gasteiger partial charge in [-0.25, -0.2) is 13.8 Å². The van der Waals surface area contributed by atoms with Crippen molar-refractivity contribution in [2.45, 2.75) is 24.4 Å². The third-order valence-corrected chi connectivity index (χ3v) is 7.14. The van der Waals surface area contributed by atoms with Crippen molar-refractivity contribution in [2.24, 2.45) is 5.10 Å². The van der Waals surface area contributed by atoms with Gasteiger partial charge in [-0.2, -0.15) is 22.6 Å². The molecule has 0 aliphatic heterocycles. The third kappa shape index (κ3) is 7.98. The number of rotatable bonds is 10. The molecule has 0 aliphatic carbocycles. The second-order valence-electron chi connectivity index (χ2n) is 8.16. The van der Waals surface area contributed by atoms with Crippen LogP contribution in [0.4, 0.5) is 18.9 Å². The number of carbonyl (C=O) groups is 2. The predicted octanol–water partition coefficient (Wildman–Crippen LogP) is 4.05. The van der Waals surface area contributed by atoms with E-state index in [9.17, 15) is 31.2 Å². The van der Waals surface area contributed by atoms with Crippen molar-refractivity contribution < 1.29 is 31.2 Å². The standard InChI is InChI=1S/C26H25F3N4O4S/c1-19(34)31-22-11-13-23(14-12-22)38(36,37)33(16-15-20-7-3-2-4-8-20)18-25(35)32-30-17-21-9-5-6-10-24(21)26(27,28)29/h2-14,17H,15-16,18H2,1H3,(H,31,34)(H,32,35)/b30-17-. The maximum absolute atomic E-state index is 13.4. The molecule has 0 radical (unpaired) electrons. The van der Waals surface area contributed by atoms with Crippen molar-refractivity contribution in [1.82, 2.24) is 9.73 Å². The lowest BCUT2D eigenvalue weighted by Crippen LogP contribution is -2.40. The van der Waals surface area contributed by atoms with Crippen LogP contribution in [0.5, 0.6) is 0 Å². The Bertz CT molecular complexity index is 1390. The SMILES string of the molecule is CC(=O)Nc1ccc(S(=O)(=O)N(CCc2ccccc2)CC(=O)N/N=C\c2ccccc2C(F)(F)F)cc1. The number of alkyl halides is 3. The average Bonchev–Trinajstić information content (AvgIpc) is 2.86. The second kappa shape index (κ2) is 12.5. The molecule has 3 aromatic rings. The van der Waals surface area contributed by atoms with Gasteiger partial charge in [-0.1, -0.05) is 48.5 Å².